The first-order valence-corrected chi connectivity index (χ1v) is 17.3. The van der Waals surface area contributed by atoms with E-state index in [4.69, 9.17) is 11.1 Å². The second-order valence-corrected chi connectivity index (χ2v) is 13.7. The van der Waals surface area contributed by atoms with E-state index < -0.39 is 24.0 Å². The predicted molar refractivity (Wildman–Crippen MR) is 190 cm³/mol. The Balaban J connectivity index is 1.05. The number of amidine groups is 1. The van der Waals surface area contributed by atoms with Gasteiger partial charge in [0.1, 0.15) is 17.9 Å². The number of Topliss-reactive ketones (excluding diaryl/α,β-unsaturated/α-hetero) is 1. The summed E-state index contributed by atoms with van der Waals surface area (Å²) in [6, 6.07) is 26.3. The summed E-state index contributed by atoms with van der Waals surface area (Å²) < 4.78 is 0.854. The standard InChI is InChI=1S/C38H36N6O4S/c39-35(40)26-12-5-8-23(20-26)21-29(34(46)37-42-28-15-3-4-16-32(28)49-37)41-36(47)30-17-18-31-38(48)43(22-33(45)44(30)31)19-7-13-25-11-6-10-24-9-1-2-14-27(24)25/h1-6,8-12,14-16,20,29-31H,7,13,17-19,21-22H2,(H3,39,40)(H,41,47)/t29-,30-,31-/m0/s1. The second-order valence-electron chi connectivity index (χ2n) is 12.6. The van der Waals surface area contributed by atoms with Crippen molar-refractivity contribution in [3.05, 3.63) is 113 Å². The number of carbonyl (C=O) groups excluding carboxylic acids is 4. The van der Waals surface area contributed by atoms with Gasteiger partial charge < -0.3 is 20.9 Å². The Hall–Kier alpha value is -5.42. The summed E-state index contributed by atoms with van der Waals surface area (Å²) in [4.78, 5) is 62.6. The maximum atomic E-state index is 13.9. The number of rotatable bonds is 11. The molecule has 3 atom stereocenters. The zero-order chi connectivity index (χ0) is 34.1. The molecule has 2 fully saturated rings. The van der Waals surface area contributed by atoms with Crippen LogP contribution < -0.4 is 11.1 Å². The number of hydrogen-bond acceptors (Lipinski definition) is 7. The van der Waals surface area contributed by atoms with E-state index in [9.17, 15) is 19.2 Å². The molecule has 248 valence electrons. The van der Waals surface area contributed by atoms with Crippen molar-refractivity contribution in [3.63, 3.8) is 0 Å². The van der Waals surface area contributed by atoms with E-state index >= 15 is 0 Å². The number of ketones is 1. The first-order valence-electron chi connectivity index (χ1n) is 16.5. The highest BCUT2D eigenvalue weighted by atomic mass is 32.1. The number of para-hydroxylation sites is 1. The van der Waals surface area contributed by atoms with Crippen LogP contribution in [0.1, 0.15) is 45.8 Å². The number of aromatic nitrogens is 1. The normalized spacial score (nSPS) is 18.1. The zero-order valence-electron chi connectivity index (χ0n) is 26.8. The van der Waals surface area contributed by atoms with E-state index in [0.717, 1.165) is 11.1 Å². The summed E-state index contributed by atoms with van der Waals surface area (Å²) in [6.07, 6.45) is 2.32. The van der Waals surface area contributed by atoms with Crippen molar-refractivity contribution in [3.8, 4) is 0 Å². The summed E-state index contributed by atoms with van der Waals surface area (Å²) in [5, 5.41) is 13.4. The molecule has 5 aromatic rings. The van der Waals surface area contributed by atoms with E-state index in [0.29, 0.717) is 42.5 Å². The third kappa shape index (κ3) is 6.54. The highest BCUT2D eigenvalue weighted by Crippen LogP contribution is 2.30. The monoisotopic (exact) mass is 672 g/mol. The number of nitrogen functional groups attached to an aromatic ring is 1. The maximum absolute atomic E-state index is 13.9. The summed E-state index contributed by atoms with van der Waals surface area (Å²) in [7, 11) is 0. The van der Waals surface area contributed by atoms with E-state index in [2.05, 4.69) is 34.6 Å². The molecule has 2 aliphatic rings. The van der Waals surface area contributed by atoms with Gasteiger partial charge in [0, 0.05) is 18.5 Å². The summed E-state index contributed by atoms with van der Waals surface area (Å²) in [5.41, 5.74) is 8.82. The molecule has 3 heterocycles. The van der Waals surface area contributed by atoms with Gasteiger partial charge in [0.05, 0.1) is 22.8 Å². The lowest BCUT2D eigenvalue weighted by molar-refractivity contribution is -0.157. The third-order valence-electron chi connectivity index (χ3n) is 9.47. The van der Waals surface area contributed by atoms with Gasteiger partial charge in [0.2, 0.25) is 23.5 Å². The van der Waals surface area contributed by atoms with Gasteiger partial charge in [-0.2, -0.15) is 0 Å². The largest absolute Gasteiger partial charge is 0.384 e. The van der Waals surface area contributed by atoms with E-state index in [-0.39, 0.29) is 41.4 Å². The Morgan fingerprint density at radius 2 is 1.76 bits per heavy atom. The molecule has 2 aliphatic heterocycles. The quantitative estimate of drug-likeness (QED) is 0.107. The molecule has 0 spiro atoms. The van der Waals surface area contributed by atoms with Crippen molar-refractivity contribution in [1.29, 1.82) is 5.41 Å². The van der Waals surface area contributed by atoms with Crippen molar-refractivity contribution in [2.45, 2.75) is 50.2 Å². The smallest absolute Gasteiger partial charge is 0.245 e. The fourth-order valence-electron chi connectivity index (χ4n) is 7.06. The van der Waals surface area contributed by atoms with Crippen LogP contribution in [0.5, 0.6) is 0 Å². The van der Waals surface area contributed by atoms with Gasteiger partial charge in [-0.25, -0.2) is 4.98 Å². The fraction of sp³-hybridized carbons (Fsp3) is 0.263. The molecule has 0 bridgehead atoms. The van der Waals surface area contributed by atoms with Crippen molar-refractivity contribution >= 4 is 61.7 Å². The van der Waals surface area contributed by atoms with Gasteiger partial charge in [-0.1, -0.05) is 72.8 Å². The molecule has 0 saturated carbocycles. The molecule has 1 aromatic heterocycles. The van der Waals surface area contributed by atoms with Crippen LogP contribution in [0.25, 0.3) is 21.0 Å². The van der Waals surface area contributed by atoms with Crippen LogP contribution in [-0.4, -0.2) is 75.3 Å². The number of amides is 3. The number of thiazole rings is 1. The fourth-order valence-corrected chi connectivity index (χ4v) is 8.02. The minimum absolute atomic E-state index is 0.0828. The number of nitrogens with zero attached hydrogens (tertiary/aromatic N) is 3. The van der Waals surface area contributed by atoms with Gasteiger partial charge >= 0.3 is 0 Å². The average molecular weight is 673 g/mol. The summed E-state index contributed by atoms with van der Waals surface area (Å²) >= 11 is 1.26. The molecule has 0 radical (unpaired) electrons. The molecule has 0 aliphatic carbocycles. The molecule has 49 heavy (non-hydrogen) atoms. The van der Waals surface area contributed by atoms with Crippen molar-refractivity contribution in [2.75, 3.05) is 13.1 Å². The van der Waals surface area contributed by atoms with E-state index in [1.165, 1.54) is 32.6 Å². The molecule has 2 saturated heterocycles. The zero-order valence-corrected chi connectivity index (χ0v) is 27.6. The number of nitrogens with one attached hydrogen (secondary N) is 2. The topological polar surface area (TPSA) is 150 Å². The summed E-state index contributed by atoms with van der Waals surface area (Å²) in [5.74, 6) is -1.34. The van der Waals surface area contributed by atoms with Crippen LogP contribution in [0.2, 0.25) is 0 Å². The highest BCUT2D eigenvalue weighted by molar-refractivity contribution is 7.20. The van der Waals surface area contributed by atoms with Crippen molar-refractivity contribution in [1.82, 2.24) is 20.1 Å². The molecule has 11 heteroatoms. The molecule has 4 N–H and O–H groups in total. The molecule has 10 nitrogen and oxygen atoms in total. The number of fused-ring (bicyclic) bond motifs is 3. The Morgan fingerprint density at radius 1 is 0.980 bits per heavy atom. The van der Waals surface area contributed by atoms with Crippen LogP contribution in [-0.2, 0) is 27.2 Å². The number of hydrogen-bond donors (Lipinski definition) is 3. The highest BCUT2D eigenvalue weighted by Gasteiger charge is 2.49. The van der Waals surface area contributed by atoms with E-state index in [1.807, 2.05) is 48.5 Å². The van der Waals surface area contributed by atoms with Gasteiger partial charge in [0.15, 0.2) is 5.01 Å². The lowest BCUT2D eigenvalue weighted by atomic mass is 9.99. The van der Waals surface area contributed by atoms with Gasteiger partial charge in [-0.15, -0.1) is 11.3 Å². The van der Waals surface area contributed by atoms with Crippen LogP contribution in [0.15, 0.2) is 91.0 Å². The number of carbonyl (C=O) groups is 4. The van der Waals surface area contributed by atoms with Crippen LogP contribution in [0.3, 0.4) is 0 Å². The second kappa shape index (κ2) is 13.6. The third-order valence-corrected chi connectivity index (χ3v) is 10.5. The van der Waals surface area contributed by atoms with Crippen molar-refractivity contribution in [2.24, 2.45) is 5.73 Å². The lowest BCUT2D eigenvalue weighted by Gasteiger charge is -2.38. The molecular formula is C38H36N6O4S. The number of nitrogens with two attached hydrogens (primary N) is 1. The SMILES string of the molecule is N=C(N)c1cccc(C[C@H](NC(=O)[C@@H]2CC[C@H]3C(=O)N(CCCc4cccc5ccccc45)CC(=O)N23)C(=O)c2nc3ccccc3s2)c1. The minimum Gasteiger partial charge on any atom is -0.384 e. The van der Waals surface area contributed by atoms with Gasteiger partial charge in [-0.3, -0.25) is 24.6 Å². The maximum Gasteiger partial charge on any atom is 0.245 e. The van der Waals surface area contributed by atoms with Gasteiger partial charge in [0.25, 0.3) is 0 Å². The minimum atomic E-state index is -0.990. The Bertz CT molecular complexity index is 2070. The number of benzene rings is 4. The van der Waals surface area contributed by atoms with E-state index in [1.54, 1.807) is 23.1 Å². The Morgan fingerprint density at radius 3 is 2.59 bits per heavy atom. The lowest BCUT2D eigenvalue weighted by Crippen LogP contribution is -2.62. The van der Waals surface area contributed by atoms with Gasteiger partial charge in [-0.05, 0) is 65.8 Å². The Kier molecular flexibility index (Phi) is 8.92. The molecule has 3 amide bonds. The first kappa shape index (κ1) is 32.1. The number of aryl methyl sites for hydroxylation is 1. The molecule has 0 unspecified atom stereocenters. The van der Waals surface area contributed by atoms with Crippen LogP contribution in [0.4, 0.5) is 0 Å². The predicted octanol–water partition coefficient (Wildman–Crippen LogP) is 4.48. The van der Waals surface area contributed by atoms with Crippen LogP contribution >= 0.6 is 11.3 Å². The first-order chi connectivity index (χ1) is 23.8. The molecular weight excluding hydrogens is 637 g/mol. The summed E-state index contributed by atoms with van der Waals surface area (Å²) in [6.45, 7) is 0.369. The Labute approximate surface area is 287 Å². The van der Waals surface area contributed by atoms with Crippen molar-refractivity contribution < 1.29 is 19.2 Å². The molecule has 7 rings (SSSR count). The molecule has 4 aromatic carbocycles. The van der Waals surface area contributed by atoms with Crippen LogP contribution in [0, 0.1) is 5.41 Å². The average Bonchev–Trinajstić information content (AvgIpc) is 3.76. The number of piperazine rings is 1.